The van der Waals surface area contributed by atoms with Crippen molar-refractivity contribution in [1.82, 2.24) is 9.47 Å². The summed E-state index contributed by atoms with van der Waals surface area (Å²) < 4.78 is 2.01. The number of carbonyl (C=O) groups is 1. The number of carbonyl (C=O) groups excluding carboxylic acids is 1. The molecule has 2 aliphatic rings. The van der Waals surface area contributed by atoms with Gasteiger partial charge in [-0.05, 0) is 41.7 Å². The predicted molar refractivity (Wildman–Crippen MR) is 123 cm³/mol. The Balaban J connectivity index is 1.47. The van der Waals surface area contributed by atoms with E-state index in [2.05, 4.69) is 40.5 Å². The number of nitrogens with one attached hydrogen (secondary N) is 1. The molecule has 158 valence electrons. The fourth-order valence-corrected chi connectivity index (χ4v) is 5.27. The van der Waals surface area contributed by atoms with Gasteiger partial charge in [0.15, 0.2) is 0 Å². The molecule has 0 spiro atoms. The lowest BCUT2D eigenvalue weighted by molar-refractivity contribution is -0.114. The average molecular weight is 414 g/mol. The van der Waals surface area contributed by atoms with Crippen molar-refractivity contribution in [2.75, 3.05) is 18.4 Å². The van der Waals surface area contributed by atoms with Crippen LogP contribution in [-0.4, -0.2) is 28.5 Å². The third kappa shape index (κ3) is 4.06. The van der Waals surface area contributed by atoms with Crippen molar-refractivity contribution in [1.29, 1.82) is 0 Å². The topological polar surface area (TPSA) is 54.3 Å². The second-order valence-corrected chi connectivity index (χ2v) is 8.82. The first-order valence-electron chi connectivity index (χ1n) is 10.9. The van der Waals surface area contributed by atoms with Crippen LogP contribution in [0, 0.1) is 5.92 Å². The summed E-state index contributed by atoms with van der Waals surface area (Å²) in [6.07, 6.45) is 1.13. The summed E-state index contributed by atoms with van der Waals surface area (Å²) in [6.45, 7) is 5.24. The zero-order valence-electron chi connectivity index (χ0n) is 17.8. The van der Waals surface area contributed by atoms with Gasteiger partial charge < -0.3 is 9.88 Å². The highest BCUT2D eigenvalue weighted by molar-refractivity contribution is 5.89. The number of benzene rings is 2. The first-order chi connectivity index (χ1) is 15.1. The Kier molecular flexibility index (Phi) is 5.20. The largest absolute Gasteiger partial charge is 0.326 e. The van der Waals surface area contributed by atoms with Crippen LogP contribution >= 0.6 is 0 Å². The molecule has 0 aliphatic carbocycles. The number of nitrogens with zero attached hydrogens (tertiary/aromatic N) is 2. The van der Waals surface area contributed by atoms with Crippen molar-refractivity contribution < 1.29 is 4.79 Å². The molecule has 5 rings (SSSR count). The minimum absolute atomic E-state index is 0.0804. The van der Waals surface area contributed by atoms with Gasteiger partial charge >= 0.3 is 0 Å². The summed E-state index contributed by atoms with van der Waals surface area (Å²) in [6, 6.07) is 22.2. The highest BCUT2D eigenvalue weighted by atomic mass is 16.1. The zero-order valence-corrected chi connectivity index (χ0v) is 17.8. The number of hydrogen-bond acceptors (Lipinski definition) is 3. The maximum Gasteiger partial charge on any atom is 0.250 e. The lowest BCUT2D eigenvalue weighted by Crippen LogP contribution is -2.47. The van der Waals surface area contributed by atoms with Crippen LogP contribution in [0.3, 0.4) is 0 Å². The van der Waals surface area contributed by atoms with E-state index in [0.29, 0.717) is 11.8 Å². The van der Waals surface area contributed by atoms with Gasteiger partial charge in [0.05, 0.1) is 0 Å². The van der Waals surface area contributed by atoms with Gasteiger partial charge in [-0.2, -0.15) is 0 Å². The summed E-state index contributed by atoms with van der Waals surface area (Å²) in [4.78, 5) is 26.6. The summed E-state index contributed by atoms with van der Waals surface area (Å²) in [5.41, 5.74) is 5.58. The average Bonchev–Trinajstić information content (AvgIpc) is 2.75. The molecule has 2 aliphatic heterocycles. The molecule has 1 fully saturated rings. The molecule has 2 bridgehead atoms. The number of aromatic nitrogens is 1. The Morgan fingerprint density at radius 2 is 1.74 bits per heavy atom. The molecule has 3 heterocycles. The molecule has 5 nitrogen and oxygen atoms in total. The Labute approximate surface area is 182 Å². The van der Waals surface area contributed by atoms with Crippen LogP contribution in [-0.2, 0) is 17.9 Å². The molecular weight excluding hydrogens is 386 g/mol. The number of hydrogen-bond donors (Lipinski definition) is 1. The molecule has 0 saturated carbocycles. The van der Waals surface area contributed by atoms with Crippen molar-refractivity contribution in [3.63, 3.8) is 0 Å². The highest BCUT2D eigenvalue weighted by Gasteiger charge is 2.36. The molecule has 2 atom stereocenters. The van der Waals surface area contributed by atoms with E-state index in [-0.39, 0.29) is 11.5 Å². The molecule has 1 N–H and O–H groups in total. The number of amides is 1. The molecule has 1 amide bonds. The molecule has 1 saturated heterocycles. The van der Waals surface area contributed by atoms with Crippen LogP contribution in [0.2, 0.25) is 0 Å². The van der Waals surface area contributed by atoms with Gasteiger partial charge in [0.2, 0.25) is 5.91 Å². The smallest absolute Gasteiger partial charge is 0.250 e. The third-order valence-corrected chi connectivity index (χ3v) is 6.43. The lowest BCUT2D eigenvalue weighted by atomic mass is 9.80. The van der Waals surface area contributed by atoms with Crippen LogP contribution in [0.1, 0.15) is 30.5 Å². The maximum absolute atomic E-state index is 12.7. The maximum atomic E-state index is 12.7. The van der Waals surface area contributed by atoms with E-state index in [0.717, 1.165) is 55.1 Å². The summed E-state index contributed by atoms with van der Waals surface area (Å²) in [7, 11) is 0. The SMILES string of the molecule is CC(=O)Nc1ccc(-c2ccc(=O)n3c2[C@H]2C[C@@H](CN(Cc4ccccc4)C2)C3)cc1. The van der Waals surface area contributed by atoms with Gasteiger partial charge in [0, 0.05) is 62.0 Å². The van der Waals surface area contributed by atoms with Crippen LogP contribution in [0.25, 0.3) is 11.1 Å². The van der Waals surface area contributed by atoms with Crippen molar-refractivity contribution in [3.8, 4) is 11.1 Å². The fraction of sp³-hybridized carbons (Fsp3) is 0.308. The summed E-state index contributed by atoms with van der Waals surface area (Å²) >= 11 is 0. The van der Waals surface area contributed by atoms with Crippen molar-refractivity contribution in [2.24, 2.45) is 5.92 Å². The van der Waals surface area contributed by atoms with Gasteiger partial charge in [-0.1, -0.05) is 42.5 Å². The Hall–Kier alpha value is -3.18. The molecule has 5 heteroatoms. The van der Waals surface area contributed by atoms with Gasteiger partial charge in [-0.3, -0.25) is 14.5 Å². The Morgan fingerprint density at radius 1 is 0.968 bits per heavy atom. The van der Waals surface area contributed by atoms with Crippen LogP contribution in [0.5, 0.6) is 0 Å². The molecule has 1 aromatic heterocycles. The van der Waals surface area contributed by atoms with Gasteiger partial charge in [-0.25, -0.2) is 0 Å². The second-order valence-electron chi connectivity index (χ2n) is 8.82. The number of piperidine rings is 1. The van der Waals surface area contributed by atoms with Gasteiger partial charge in [0.1, 0.15) is 0 Å². The predicted octanol–water partition coefficient (Wildman–Crippen LogP) is 4.09. The zero-order chi connectivity index (χ0) is 21.4. The minimum Gasteiger partial charge on any atom is -0.326 e. The Morgan fingerprint density at radius 3 is 2.48 bits per heavy atom. The van der Waals surface area contributed by atoms with E-state index >= 15 is 0 Å². The number of likely N-dealkylation sites (tertiary alicyclic amines) is 1. The van der Waals surface area contributed by atoms with Crippen molar-refractivity contribution in [2.45, 2.75) is 32.4 Å². The van der Waals surface area contributed by atoms with E-state index < -0.39 is 0 Å². The van der Waals surface area contributed by atoms with E-state index in [1.807, 2.05) is 34.9 Å². The Bertz CT molecular complexity index is 1150. The summed E-state index contributed by atoms with van der Waals surface area (Å²) in [5, 5.41) is 2.82. The van der Waals surface area contributed by atoms with Crippen molar-refractivity contribution in [3.05, 3.63) is 88.3 Å². The minimum atomic E-state index is -0.0804. The van der Waals surface area contributed by atoms with Gasteiger partial charge in [-0.15, -0.1) is 0 Å². The van der Waals surface area contributed by atoms with Crippen molar-refractivity contribution >= 4 is 11.6 Å². The van der Waals surface area contributed by atoms with E-state index in [4.69, 9.17) is 0 Å². The fourth-order valence-electron chi connectivity index (χ4n) is 5.27. The van der Waals surface area contributed by atoms with Crippen LogP contribution in [0.4, 0.5) is 5.69 Å². The molecule has 31 heavy (non-hydrogen) atoms. The molecular formula is C26H27N3O2. The number of pyridine rings is 1. The van der Waals surface area contributed by atoms with E-state index in [9.17, 15) is 9.59 Å². The molecule has 3 aromatic rings. The monoisotopic (exact) mass is 413 g/mol. The summed E-state index contributed by atoms with van der Waals surface area (Å²) in [5.74, 6) is 0.767. The quantitative estimate of drug-likeness (QED) is 0.701. The second kappa shape index (κ2) is 8.16. The number of rotatable bonds is 4. The standard InChI is InChI=1S/C26H27N3O2/c1-18(30)27-23-9-7-21(8-10-23)24-11-12-25(31)29-16-20-13-22(26(24)29)17-28(15-20)14-19-5-3-2-4-6-19/h2-12,20,22H,13-17H2,1H3,(H,27,30)/t20-,22-/m0/s1. The normalized spacial score (nSPS) is 20.2. The lowest BCUT2D eigenvalue weighted by Gasteiger charge is -2.43. The molecule has 0 unspecified atom stereocenters. The molecule has 2 aromatic carbocycles. The first-order valence-corrected chi connectivity index (χ1v) is 10.9. The number of anilines is 1. The first kappa shape index (κ1) is 19.8. The van der Waals surface area contributed by atoms with E-state index in [1.54, 1.807) is 6.07 Å². The van der Waals surface area contributed by atoms with E-state index in [1.165, 1.54) is 12.5 Å². The molecule has 0 radical (unpaired) electrons. The third-order valence-electron chi connectivity index (χ3n) is 6.43. The van der Waals surface area contributed by atoms with Gasteiger partial charge in [0.25, 0.3) is 5.56 Å². The number of fused-ring (bicyclic) bond motifs is 4. The van der Waals surface area contributed by atoms with Crippen LogP contribution < -0.4 is 10.9 Å². The van der Waals surface area contributed by atoms with Crippen LogP contribution in [0.15, 0.2) is 71.5 Å². The highest BCUT2D eigenvalue weighted by Crippen LogP contribution is 2.40.